The van der Waals surface area contributed by atoms with Crippen molar-refractivity contribution < 1.29 is 0 Å². The van der Waals surface area contributed by atoms with Gasteiger partial charge in [-0.3, -0.25) is 4.98 Å². The lowest BCUT2D eigenvalue weighted by atomic mass is 10.1. The summed E-state index contributed by atoms with van der Waals surface area (Å²) >= 11 is 1.69. The van der Waals surface area contributed by atoms with E-state index in [1.165, 1.54) is 4.88 Å². The van der Waals surface area contributed by atoms with E-state index in [2.05, 4.69) is 28.0 Å². The minimum Gasteiger partial charge on any atom is -0.397 e. The molecule has 0 radical (unpaired) electrons. The number of benzene rings is 1. The highest BCUT2D eigenvalue weighted by Crippen LogP contribution is 2.29. The van der Waals surface area contributed by atoms with Crippen molar-refractivity contribution in [3.8, 4) is 0 Å². The fourth-order valence-corrected chi connectivity index (χ4v) is 3.13. The number of nitrogen functional groups attached to an aromatic ring is 1. The van der Waals surface area contributed by atoms with Crippen LogP contribution in [0.25, 0.3) is 10.9 Å². The number of nitrogens with zero attached hydrogens (tertiary/aromatic N) is 3. The molecule has 0 aliphatic carbocycles. The molecule has 4 nitrogen and oxygen atoms in total. The highest BCUT2D eigenvalue weighted by atomic mass is 32.1. The summed E-state index contributed by atoms with van der Waals surface area (Å²) in [6.07, 6.45) is 1.81. The van der Waals surface area contributed by atoms with Crippen molar-refractivity contribution in [2.24, 2.45) is 0 Å². The Morgan fingerprint density at radius 2 is 2.10 bits per heavy atom. The SMILES string of the molecule is Cc1ncsc1CN(C)c1ccnc2c(N)cccc12. The summed E-state index contributed by atoms with van der Waals surface area (Å²) in [6, 6.07) is 7.93. The van der Waals surface area contributed by atoms with Crippen molar-refractivity contribution in [1.29, 1.82) is 0 Å². The molecule has 2 aromatic heterocycles. The summed E-state index contributed by atoms with van der Waals surface area (Å²) < 4.78 is 0. The molecule has 5 heteroatoms. The fraction of sp³-hybridized carbons (Fsp3) is 0.200. The van der Waals surface area contributed by atoms with Crippen LogP contribution in [0.15, 0.2) is 36.0 Å². The van der Waals surface area contributed by atoms with Crippen LogP contribution < -0.4 is 10.6 Å². The van der Waals surface area contributed by atoms with Crippen molar-refractivity contribution in [1.82, 2.24) is 9.97 Å². The van der Waals surface area contributed by atoms with Gasteiger partial charge in [-0.05, 0) is 19.1 Å². The van der Waals surface area contributed by atoms with Gasteiger partial charge in [0.05, 0.1) is 29.0 Å². The second-order valence-electron chi connectivity index (χ2n) is 4.79. The van der Waals surface area contributed by atoms with Crippen LogP contribution >= 0.6 is 11.3 Å². The number of hydrogen-bond donors (Lipinski definition) is 1. The van der Waals surface area contributed by atoms with Crippen LogP contribution in [0.5, 0.6) is 0 Å². The van der Waals surface area contributed by atoms with Crippen molar-refractivity contribution in [3.05, 3.63) is 46.5 Å². The Labute approximate surface area is 121 Å². The largest absolute Gasteiger partial charge is 0.397 e. The van der Waals surface area contributed by atoms with E-state index in [0.717, 1.165) is 28.8 Å². The Kier molecular flexibility index (Phi) is 3.28. The molecule has 0 saturated heterocycles. The number of rotatable bonds is 3. The monoisotopic (exact) mass is 284 g/mol. The molecule has 0 atom stereocenters. The van der Waals surface area contributed by atoms with Gasteiger partial charge in [-0.1, -0.05) is 12.1 Å². The number of aryl methyl sites for hydroxylation is 1. The van der Waals surface area contributed by atoms with Crippen molar-refractivity contribution >= 4 is 33.6 Å². The standard InChI is InChI=1S/C15H16N4S/c1-10-14(20-9-18-10)8-19(2)13-6-7-17-15-11(13)4-3-5-12(15)16/h3-7,9H,8,16H2,1-2H3. The molecule has 1 aromatic carbocycles. The molecule has 0 bridgehead atoms. The zero-order valence-electron chi connectivity index (χ0n) is 11.5. The van der Waals surface area contributed by atoms with Gasteiger partial charge in [0.25, 0.3) is 0 Å². The summed E-state index contributed by atoms with van der Waals surface area (Å²) in [7, 11) is 2.08. The smallest absolute Gasteiger partial charge is 0.0951 e. The molecule has 3 rings (SSSR count). The lowest BCUT2D eigenvalue weighted by molar-refractivity contribution is 0.930. The highest BCUT2D eigenvalue weighted by molar-refractivity contribution is 7.09. The second kappa shape index (κ2) is 5.09. The Bertz CT molecular complexity index is 750. The van der Waals surface area contributed by atoms with Crippen LogP contribution in [0.4, 0.5) is 11.4 Å². The molecule has 0 spiro atoms. The zero-order chi connectivity index (χ0) is 14.1. The first-order valence-electron chi connectivity index (χ1n) is 6.40. The van der Waals surface area contributed by atoms with Gasteiger partial charge in [0, 0.05) is 29.2 Å². The van der Waals surface area contributed by atoms with Crippen molar-refractivity contribution in [2.75, 3.05) is 17.7 Å². The van der Waals surface area contributed by atoms with Crippen LogP contribution in [0.1, 0.15) is 10.6 Å². The van der Waals surface area contributed by atoms with E-state index in [9.17, 15) is 0 Å². The number of thiazole rings is 1. The molecular formula is C15H16N4S. The van der Waals surface area contributed by atoms with Crippen LogP contribution in [-0.4, -0.2) is 17.0 Å². The number of anilines is 2. The molecule has 2 heterocycles. The highest BCUT2D eigenvalue weighted by Gasteiger charge is 2.11. The average molecular weight is 284 g/mol. The van der Waals surface area contributed by atoms with Crippen molar-refractivity contribution in [2.45, 2.75) is 13.5 Å². The number of fused-ring (bicyclic) bond motifs is 1. The number of nitrogens with two attached hydrogens (primary N) is 1. The lowest BCUT2D eigenvalue weighted by Crippen LogP contribution is -2.16. The topological polar surface area (TPSA) is 55.0 Å². The quantitative estimate of drug-likeness (QED) is 0.750. The zero-order valence-corrected chi connectivity index (χ0v) is 12.3. The van der Waals surface area contributed by atoms with E-state index < -0.39 is 0 Å². The molecule has 0 aliphatic heterocycles. The van der Waals surface area contributed by atoms with E-state index >= 15 is 0 Å². The van der Waals surface area contributed by atoms with Gasteiger partial charge < -0.3 is 10.6 Å². The molecule has 0 amide bonds. The second-order valence-corrected chi connectivity index (χ2v) is 5.73. The molecule has 102 valence electrons. The van der Waals surface area contributed by atoms with Crippen LogP contribution in [-0.2, 0) is 6.54 Å². The Morgan fingerprint density at radius 1 is 1.25 bits per heavy atom. The molecule has 2 N–H and O–H groups in total. The van der Waals surface area contributed by atoms with Gasteiger partial charge in [0.15, 0.2) is 0 Å². The minimum atomic E-state index is 0.715. The molecule has 3 aromatic rings. The Morgan fingerprint density at radius 3 is 2.85 bits per heavy atom. The fourth-order valence-electron chi connectivity index (χ4n) is 2.30. The van der Waals surface area contributed by atoms with Crippen molar-refractivity contribution in [3.63, 3.8) is 0 Å². The first-order valence-corrected chi connectivity index (χ1v) is 7.28. The predicted molar refractivity (Wildman–Crippen MR) is 85.1 cm³/mol. The van der Waals surface area contributed by atoms with Crippen LogP contribution in [0.3, 0.4) is 0 Å². The molecule has 0 fully saturated rings. The summed E-state index contributed by atoms with van der Waals surface area (Å²) in [4.78, 5) is 12.2. The third-order valence-corrected chi connectivity index (χ3v) is 4.34. The molecule has 0 unspecified atom stereocenters. The summed E-state index contributed by atoms with van der Waals surface area (Å²) in [5, 5.41) is 1.08. The van der Waals surface area contributed by atoms with Gasteiger partial charge >= 0.3 is 0 Å². The number of aromatic nitrogens is 2. The first kappa shape index (κ1) is 12.9. The van der Waals surface area contributed by atoms with Crippen LogP contribution in [0.2, 0.25) is 0 Å². The maximum atomic E-state index is 6.00. The Balaban J connectivity index is 2.02. The third-order valence-electron chi connectivity index (χ3n) is 3.42. The van der Waals surface area contributed by atoms with Gasteiger partial charge in [-0.25, -0.2) is 4.98 Å². The number of pyridine rings is 1. The van der Waals surface area contributed by atoms with Gasteiger partial charge in [-0.2, -0.15) is 0 Å². The van der Waals surface area contributed by atoms with E-state index in [-0.39, 0.29) is 0 Å². The molecule has 20 heavy (non-hydrogen) atoms. The normalized spacial score (nSPS) is 10.9. The average Bonchev–Trinajstić information content (AvgIpc) is 2.84. The number of hydrogen-bond acceptors (Lipinski definition) is 5. The van der Waals surface area contributed by atoms with E-state index in [1.54, 1.807) is 11.3 Å². The summed E-state index contributed by atoms with van der Waals surface area (Å²) in [5.41, 5.74) is 11.7. The van der Waals surface area contributed by atoms with E-state index in [4.69, 9.17) is 5.73 Å². The Hall–Kier alpha value is -2.14. The summed E-state index contributed by atoms with van der Waals surface area (Å²) in [5.74, 6) is 0. The minimum absolute atomic E-state index is 0.715. The van der Waals surface area contributed by atoms with Gasteiger partial charge in [0.2, 0.25) is 0 Å². The van der Waals surface area contributed by atoms with E-state index in [0.29, 0.717) is 5.69 Å². The maximum Gasteiger partial charge on any atom is 0.0951 e. The number of para-hydroxylation sites is 1. The van der Waals surface area contributed by atoms with Gasteiger partial charge in [0.1, 0.15) is 0 Å². The lowest BCUT2D eigenvalue weighted by Gasteiger charge is -2.20. The van der Waals surface area contributed by atoms with E-state index in [1.807, 2.05) is 36.8 Å². The third kappa shape index (κ3) is 2.20. The molecule has 0 aliphatic rings. The predicted octanol–water partition coefficient (Wildman–Crippen LogP) is 3.22. The van der Waals surface area contributed by atoms with Crippen LogP contribution in [0, 0.1) is 6.92 Å². The van der Waals surface area contributed by atoms with Gasteiger partial charge in [-0.15, -0.1) is 11.3 Å². The molecule has 0 saturated carbocycles. The maximum absolute atomic E-state index is 6.00. The molecular weight excluding hydrogens is 268 g/mol. The first-order chi connectivity index (χ1) is 9.66. The summed E-state index contributed by atoms with van der Waals surface area (Å²) in [6.45, 7) is 2.88.